The molecule has 0 amide bonds. The zero-order valence-electron chi connectivity index (χ0n) is 29.2. The van der Waals surface area contributed by atoms with E-state index in [4.69, 9.17) is 4.98 Å². The topological polar surface area (TPSA) is 43.6 Å². The number of hydrogen-bond donors (Lipinski definition) is 0. The molecule has 9 rings (SSSR count). The summed E-state index contributed by atoms with van der Waals surface area (Å²) in [5.41, 5.74) is 8.81. The molecule has 4 aromatic heterocycles. The molecule has 4 heterocycles. The smallest absolute Gasteiger partial charge is 0 e. The van der Waals surface area contributed by atoms with Gasteiger partial charge in [-0.25, -0.2) is 4.98 Å². The summed E-state index contributed by atoms with van der Waals surface area (Å²) < 4.78 is 4.94. The number of rotatable bonds is 4. The molecule has 0 saturated carbocycles. The van der Waals surface area contributed by atoms with Crippen molar-refractivity contribution in [3.05, 3.63) is 151 Å². The fourth-order valence-electron chi connectivity index (χ4n) is 6.61. The minimum Gasteiger partial charge on any atom is 0 e. The maximum Gasteiger partial charge on any atom is 0 e. The van der Waals surface area contributed by atoms with Gasteiger partial charge in [-0.2, -0.15) is 11.3 Å². The molecule has 0 fully saturated rings. The first kappa shape index (κ1) is 35.0. The second-order valence-corrected chi connectivity index (χ2v) is 25.4. The van der Waals surface area contributed by atoms with Crippen LogP contribution < -0.4 is 4.40 Å². The number of aryl methyl sites for hydroxylation is 2. The zero-order chi connectivity index (χ0) is 34.4. The Morgan fingerprint density at radius 3 is 2.18 bits per heavy atom. The Bertz CT molecular complexity index is 2640. The van der Waals surface area contributed by atoms with Crippen molar-refractivity contribution in [2.24, 2.45) is 0 Å². The molecule has 0 saturated heterocycles. The molecule has 253 valence electrons. The molecule has 0 aliphatic rings. The predicted molar refractivity (Wildman–Crippen MR) is 214 cm³/mol. The van der Waals surface area contributed by atoms with Crippen molar-refractivity contribution in [2.75, 3.05) is 0 Å². The van der Waals surface area contributed by atoms with Gasteiger partial charge in [-0.05, 0) is 64.0 Å². The van der Waals surface area contributed by atoms with Crippen LogP contribution in [0.5, 0.6) is 0 Å². The number of thiophene rings is 1. The quantitative estimate of drug-likeness (QED) is 0.131. The fourth-order valence-corrected chi connectivity index (χ4v) is 9.91. The summed E-state index contributed by atoms with van der Waals surface area (Å²) >= 11 is -0.00330. The third-order valence-electron chi connectivity index (χ3n) is 9.23. The van der Waals surface area contributed by atoms with E-state index in [1.54, 1.807) is 11.3 Å². The molecule has 0 bridgehead atoms. The Morgan fingerprint density at radius 1 is 0.706 bits per heavy atom. The monoisotopic (exact) mass is 919 g/mol. The van der Waals surface area contributed by atoms with Gasteiger partial charge < -0.3 is 4.57 Å². The predicted octanol–water partition coefficient (Wildman–Crippen LogP) is 11.1. The van der Waals surface area contributed by atoms with Crippen LogP contribution in [0.3, 0.4) is 0 Å². The largest absolute Gasteiger partial charge is 0 e. The molecule has 0 aliphatic carbocycles. The molecule has 0 unspecified atom stereocenters. The van der Waals surface area contributed by atoms with Crippen LogP contribution in [0.2, 0.25) is 17.3 Å². The molecule has 51 heavy (non-hydrogen) atoms. The van der Waals surface area contributed by atoms with Crippen LogP contribution in [0, 0.1) is 26.0 Å². The number of pyridine rings is 2. The third-order valence-corrected chi connectivity index (χ3v) is 14.6. The van der Waals surface area contributed by atoms with Crippen molar-refractivity contribution in [1.29, 1.82) is 0 Å². The van der Waals surface area contributed by atoms with Gasteiger partial charge in [-0.3, -0.25) is 4.98 Å². The van der Waals surface area contributed by atoms with Gasteiger partial charge in [0.05, 0.1) is 16.9 Å². The first-order valence-corrected chi connectivity index (χ1v) is 25.0. The van der Waals surface area contributed by atoms with Gasteiger partial charge >= 0.3 is 99.8 Å². The van der Waals surface area contributed by atoms with Crippen LogP contribution >= 0.6 is 11.3 Å². The fraction of sp³-hybridized carbons (Fsp3) is 0.114. The summed E-state index contributed by atoms with van der Waals surface area (Å²) in [6.45, 7) is 4.35. The standard InChI is InChI=1S/C30H20N3S.C14H16GeN.Ir/c1-18-8-5-9-19(2)27(18)33-26-17-21-11-4-3-10-20(21)16-25(26)32-29(33)24-13-6-12-22-23-14-7-15-31-30(23)34-28(22)24;1-15(2,3)13-9-10-14(16-11-13)12-7-5-4-6-8-12;/h3-12,14-17H,1-2H3;4-7,9-11H,1-3H3;/q2*-1;. The normalized spacial score (nSPS) is 11.5. The molecular formula is C44H36GeIrN4S-2. The second kappa shape index (κ2) is 14.3. The van der Waals surface area contributed by atoms with Crippen LogP contribution in [-0.2, 0) is 20.1 Å². The van der Waals surface area contributed by atoms with Crippen molar-refractivity contribution < 1.29 is 20.1 Å². The van der Waals surface area contributed by atoms with Crippen LogP contribution in [0.4, 0.5) is 0 Å². The van der Waals surface area contributed by atoms with Crippen LogP contribution in [0.25, 0.3) is 70.4 Å². The number of benzene rings is 5. The van der Waals surface area contributed by atoms with Crippen LogP contribution in [0.15, 0.2) is 128 Å². The minimum atomic E-state index is -1.72. The maximum absolute atomic E-state index is 5.23. The Balaban J connectivity index is 0.000000202. The average Bonchev–Trinajstić information content (AvgIpc) is 3.69. The van der Waals surface area contributed by atoms with E-state index in [1.165, 1.54) is 47.5 Å². The van der Waals surface area contributed by atoms with E-state index in [-0.39, 0.29) is 20.1 Å². The van der Waals surface area contributed by atoms with E-state index in [1.807, 2.05) is 48.8 Å². The van der Waals surface area contributed by atoms with E-state index < -0.39 is 13.3 Å². The molecule has 0 atom stereocenters. The SMILES string of the molecule is Cc1cccc(C)c1-n1c(-c2[c-]ccc3c2sc2ncccc23)nc2cc3ccccc3cc21.[CH3][Ge]([CH3])([CH3])[c]1ccc(-c2[c-]cccc2)nc1.[Ir]. The van der Waals surface area contributed by atoms with Gasteiger partial charge in [-0.15, -0.1) is 18.2 Å². The Kier molecular flexibility index (Phi) is 9.79. The summed E-state index contributed by atoms with van der Waals surface area (Å²) in [5, 5.41) is 4.79. The molecule has 0 spiro atoms. The van der Waals surface area contributed by atoms with Gasteiger partial charge in [0.2, 0.25) is 0 Å². The molecule has 0 N–H and O–H groups in total. The summed E-state index contributed by atoms with van der Waals surface area (Å²) in [6.07, 6.45) is 3.90. The number of imidazole rings is 1. The molecule has 1 radical (unpaired) electrons. The number of fused-ring (bicyclic) bond motifs is 5. The number of para-hydroxylation sites is 1. The molecule has 0 aliphatic heterocycles. The summed E-state index contributed by atoms with van der Waals surface area (Å²) in [5.74, 6) is 8.06. The Labute approximate surface area is 319 Å². The summed E-state index contributed by atoms with van der Waals surface area (Å²) in [6, 6.07) is 46.7. The van der Waals surface area contributed by atoms with Crippen LogP contribution in [-0.4, -0.2) is 32.8 Å². The average molecular weight is 918 g/mol. The Hall–Kier alpha value is -4.46. The maximum atomic E-state index is 5.23. The first-order valence-electron chi connectivity index (χ1n) is 16.9. The van der Waals surface area contributed by atoms with Crippen molar-refractivity contribution in [1.82, 2.24) is 19.5 Å². The first-order chi connectivity index (χ1) is 24.3. The van der Waals surface area contributed by atoms with E-state index in [2.05, 4.69) is 137 Å². The van der Waals surface area contributed by atoms with Crippen molar-refractivity contribution in [3.8, 4) is 28.3 Å². The number of nitrogens with zero attached hydrogens (tertiary/aromatic N) is 4. The Morgan fingerprint density at radius 2 is 1.47 bits per heavy atom. The van der Waals surface area contributed by atoms with Gasteiger partial charge in [-0.1, -0.05) is 59.5 Å². The van der Waals surface area contributed by atoms with Crippen molar-refractivity contribution in [2.45, 2.75) is 31.1 Å². The summed E-state index contributed by atoms with van der Waals surface area (Å²) in [7, 11) is 0. The van der Waals surface area contributed by atoms with E-state index in [0.29, 0.717) is 0 Å². The van der Waals surface area contributed by atoms with Crippen LogP contribution in [0.1, 0.15) is 11.1 Å². The summed E-state index contributed by atoms with van der Waals surface area (Å²) in [4.78, 5) is 15.4. The van der Waals surface area contributed by atoms with Crippen molar-refractivity contribution in [3.63, 3.8) is 0 Å². The van der Waals surface area contributed by atoms with Gasteiger partial charge in [0.25, 0.3) is 0 Å². The van der Waals surface area contributed by atoms with Crippen molar-refractivity contribution >= 4 is 71.1 Å². The van der Waals surface area contributed by atoms with E-state index >= 15 is 0 Å². The van der Waals surface area contributed by atoms with E-state index in [9.17, 15) is 0 Å². The molecule has 5 aromatic carbocycles. The number of aromatic nitrogens is 4. The van der Waals surface area contributed by atoms with Gasteiger partial charge in [0.1, 0.15) is 4.83 Å². The third kappa shape index (κ3) is 6.70. The van der Waals surface area contributed by atoms with Gasteiger partial charge in [0.15, 0.2) is 0 Å². The van der Waals surface area contributed by atoms with Gasteiger partial charge in [0, 0.05) is 32.0 Å². The molecule has 7 heteroatoms. The molecular weight excluding hydrogens is 881 g/mol. The minimum absolute atomic E-state index is 0. The number of hydrogen-bond acceptors (Lipinski definition) is 4. The molecule has 9 aromatic rings. The zero-order valence-corrected chi connectivity index (χ0v) is 34.5. The molecule has 4 nitrogen and oxygen atoms in total. The van der Waals surface area contributed by atoms with E-state index in [0.717, 1.165) is 38.5 Å². The second-order valence-electron chi connectivity index (χ2n) is 13.7.